The highest BCUT2D eigenvalue weighted by Gasteiger charge is 2.36. The maximum Gasteiger partial charge on any atom is 0.264 e. The van der Waals surface area contributed by atoms with E-state index in [1.165, 1.54) is 29.2 Å². The average Bonchev–Trinajstić information content (AvgIpc) is 3.08. The first kappa shape index (κ1) is 34.1. The van der Waals surface area contributed by atoms with E-state index >= 15 is 4.39 Å². The van der Waals surface area contributed by atoms with Crippen LogP contribution in [0, 0.1) is 12.7 Å². The standard InChI is InChI=1S/C37H39ClFN3O4S/c1-27-21-22-30(38)24-34(27)42(47(45,46)32-18-9-4-10-19-32)26-36(43)41(25-29-15-11-12-20-33(29)39)35(23-28-13-5-2-6-14-28)37(44)40-31-16-7-3-8-17-31/h2,4-6,9-15,18-22,24,31,35H,3,7-8,16-17,23,25-26H2,1H3,(H,40,44)/t35-/m1/s1. The number of halogens is 2. The summed E-state index contributed by atoms with van der Waals surface area (Å²) < 4.78 is 44.6. The van der Waals surface area contributed by atoms with Crippen LogP contribution in [0.2, 0.25) is 5.02 Å². The minimum absolute atomic E-state index is 0.0105. The maximum absolute atomic E-state index is 15.2. The molecule has 0 aromatic heterocycles. The van der Waals surface area contributed by atoms with Gasteiger partial charge < -0.3 is 10.2 Å². The fraction of sp³-hybridized carbons (Fsp3) is 0.297. The Labute approximate surface area is 281 Å². The summed E-state index contributed by atoms with van der Waals surface area (Å²) in [5.41, 5.74) is 1.83. The summed E-state index contributed by atoms with van der Waals surface area (Å²) in [5, 5.41) is 3.45. The molecule has 1 aliphatic carbocycles. The van der Waals surface area contributed by atoms with E-state index in [0.29, 0.717) is 10.6 Å². The summed E-state index contributed by atoms with van der Waals surface area (Å²) in [6.07, 6.45) is 4.92. The van der Waals surface area contributed by atoms with E-state index in [-0.39, 0.29) is 41.1 Å². The monoisotopic (exact) mass is 675 g/mol. The van der Waals surface area contributed by atoms with Gasteiger partial charge in [0.2, 0.25) is 11.8 Å². The van der Waals surface area contributed by atoms with Gasteiger partial charge in [-0.15, -0.1) is 0 Å². The molecule has 5 rings (SSSR count). The normalized spacial score (nSPS) is 14.3. The molecule has 1 fully saturated rings. The zero-order valence-electron chi connectivity index (χ0n) is 26.3. The second-order valence-electron chi connectivity index (χ2n) is 11.9. The van der Waals surface area contributed by atoms with E-state index in [0.717, 1.165) is 42.0 Å². The first-order valence-corrected chi connectivity index (χ1v) is 17.7. The van der Waals surface area contributed by atoms with Crippen LogP contribution in [-0.2, 0) is 32.6 Å². The number of hydrogen-bond acceptors (Lipinski definition) is 4. The molecule has 246 valence electrons. The Morgan fingerprint density at radius 3 is 2.21 bits per heavy atom. The fourth-order valence-corrected chi connectivity index (χ4v) is 7.65. The summed E-state index contributed by atoms with van der Waals surface area (Å²) in [5.74, 6) is -1.55. The molecule has 0 unspecified atom stereocenters. The number of rotatable bonds is 12. The summed E-state index contributed by atoms with van der Waals surface area (Å²) in [7, 11) is -4.28. The molecular formula is C37H39ClFN3O4S. The number of nitrogens with one attached hydrogen (secondary N) is 1. The minimum Gasteiger partial charge on any atom is -0.352 e. The molecule has 0 heterocycles. The Morgan fingerprint density at radius 1 is 0.894 bits per heavy atom. The van der Waals surface area contributed by atoms with E-state index < -0.39 is 34.3 Å². The second kappa shape index (κ2) is 15.6. The summed E-state index contributed by atoms with van der Waals surface area (Å²) in [4.78, 5) is 30.1. The van der Waals surface area contributed by atoms with Gasteiger partial charge in [-0.3, -0.25) is 13.9 Å². The van der Waals surface area contributed by atoms with Crippen molar-refractivity contribution in [3.63, 3.8) is 0 Å². The molecule has 10 heteroatoms. The highest BCUT2D eigenvalue weighted by molar-refractivity contribution is 7.92. The SMILES string of the molecule is Cc1ccc(Cl)cc1N(CC(=O)N(Cc1ccccc1F)[C@H](Cc1ccccc1)C(=O)NC1CCCCC1)S(=O)(=O)c1ccccc1. The van der Waals surface area contributed by atoms with Gasteiger partial charge in [0.15, 0.2) is 0 Å². The lowest BCUT2D eigenvalue weighted by molar-refractivity contribution is -0.140. The van der Waals surface area contributed by atoms with Crippen molar-refractivity contribution in [3.8, 4) is 0 Å². The molecule has 1 aliphatic rings. The third kappa shape index (κ3) is 8.58. The number of aryl methyl sites for hydroxylation is 1. The molecule has 7 nitrogen and oxygen atoms in total. The Kier molecular flexibility index (Phi) is 11.3. The van der Waals surface area contributed by atoms with Crippen molar-refractivity contribution < 1.29 is 22.4 Å². The van der Waals surface area contributed by atoms with Crippen LogP contribution in [0.25, 0.3) is 0 Å². The fourth-order valence-electron chi connectivity index (χ4n) is 5.99. The van der Waals surface area contributed by atoms with Crippen LogP contribution < -0.4 is 9.62 Å². The van der Waals surface area contributed by atoms with Gasteiger partial charge in [-0.05, 0) is 61.2 Å². The topological polar surface area (TPSA) is 86.8 Å². The minimum atomic E-state index is -4.28. The van der Waals surface area contributed by atoms with E-state index in [1.54, 1.807) is 55.5 Å². The van der Waals surface area contributed by atoms with E-state index in [9.17, 15) is 18.0 Å². The molecule has 1 atom stereocenters. The Balaban J connectivity index is 1.59. The third-order valence-corrected chi connectivity index (χ3v) is 10.6. The molecule has 47 heavy (non-hydrogen) atoms. The van der Waals surface area contributed by atoms with Crippen molar-refractivity contribution in [1.29, 1.82) is 0 Å². The zero-order valence-corrected chi connectivity index (χ0v) is 27.9. The van der Waals surface area contributed by atoms with Crippen molar-refractivity contribution in [2.24, 2.45) is 0 Å². The van der Waals surface area contributed by atoms with Gasteiger partial charge in [0.1, 0.15) is 18.4 Å². The summed E-state index contributed by atoms with van der Waals surface area (Å²) in [6.45, 7) is 0.848. The summed E-state index contributed by atoms with van der Waals surface area (Å²) in [6, 6.07) is 27.0. The van der Waals surface area contributed by atoms with Crippen molar-refractivity contribution in [2.75, 3.05) is 10.8 Å². The lowest BCUT2D eigenvalue weighted by atomic mass is 9.94. The first-order valence-electron chi connectivity index (χ1n) is 15.8. The smallest absolute Gasteiger partial charge is 0.264 e. The number of carbonyl (C=O) groups excluding carboxylic acids is 2. The quantitative estimate of drug-likeness (QED) is 0.174. The van der Waals surface area contributed by atoms with Crippen LogP contribution >= 0.6 is 11.6 Å². The van der Waals surface area contributed by atoms with Crippen LogP contribution in [0.3, 0.4) is 0 Å². The second-order valence-corrected chi connectivity index (χ2v) is 14.2. The van der Waals surface area contributed by atoms with Crippen molar-refractivity contribution in [1.82, 2.24) is 10.2 Å². The molecule has 1 saturated carbocycles. The predicted octanol–water partition coefficient (Wildman–Crippen LogP) is 7.07. The van der Waals surface area contributed by atoms with Crippen molar-refractivity contribution >= 4 is 39.1 Å². The van der Waals surface area contributed by atoms with Crippen LogP contribution in [0.1, 0.15) is 48.8 Å². The largest absolute Gasteiger partial charge is 0.352 e. The van der Waals surface area contributed by atoms with Gasteiger partial charge in [-0.25, -0.2) is 12.8 Å². The number of sulfonamides is 1. The number of nitrogens with zero attached hydrogens (tertiary/aromatic N) is 2. The van der Waals surface area contributed by atoms with E-state index in [4.69, 9.17) is 11.6 Å². The number of amides is 2. The van der Waals surface area contributed by atoms with E-state index in [1.807, 2.05) is 30.3 Å². The van der Waals surface area contributed by atoms with Crippen molar-refractivity contribution in [2.45, 2.75) is 69.0 Å². The molecule has 0 bridgehead atoms. The third-order valence-electron chi connectivity index (χ3n) is 8.57. The lowest BCUT2D eigenvalue weighted by Gasteiger charge is -2.35. The molecular weight excluding hydrogens is 637 g/mol. The first-order chi connectivity index (χ1) is 22.6. The molecule has 0 saturated heterocycles. The Morgan fingerprint density at radius 2 is 1.53 bits per heavy atom. The number of carbonyl (C=O) groups is 2. The van der Waals surface area contributed by atoms with Gasteiger partial charge >= 0.3 is 0 Å². The van der Waals surface area contributed by atoms with Gasteiger partial charge in [-0.2, -0.15) is 0 Å². The van der Waals surface area contributed by atoms with Crippen LogP contribution in [0.15, 0.2) is 108 Å². The predicted molar refractivity (Wildman–Crippen MR) is 183 cm³/mol. The van der Waals surface area contributed by atoms with Crippen molar-refractivity contribution in [3.05, 3.63) is 131 Å². The van der Waals surface area contributed by atoms with Crippen LogP contribution in [-0.4, -0.2) is 43.8 Å². The average molecular weight is 676 g/mol. The highest BCUT2D eigenvalue weighted by atomic mass is 35.5. The van der Waals surface area contributed by atoms with Gasteiger partial charge in [0.05, 0.1) is 10.6 Å². The van der Waals surface area contributed by atoms with Gasteiger partial charge in [0, 0.05) is 29.6 Å². The van der Waals surface area contributed by atoms with Crippen LogP contribution in [0.4, 0.5) is 10.1 Å². The van der Waals surface area contributed by atoms with Gasteiger partial charge in [-0.1, -0.05) is 104 Å². The lowest BCUT2D eigenvalue weighted by Crippen LogP contribution is -2.55. The Hall–Kier alpha value is -4.21. The molecule has 0 aliphatic heterocycles. The Bertz CT molecular complexity index is 1780. The molecule has 0 radical (unpaired) electrons. The molecule has 2 amide bonds. The number of hydrogen-bond donors (Lipinski definition) is 1. The van der Waals surface area contributed by atoms with Crippen LogP contribution in [0.5, 0.6) is 0 Å². The van der Waals surface area contributed by atoms with E-state index in [2.05, 4.69) is 5.32 Å². The summed E-state index contributed by atoms with van der Waals surface area (Å²) >= 11 is 6.34. The van der Waals surface area contributed by atoms with Gasteiger partial charge in [0.25, 0.3) is 10.0 Å². The maximum atomic E-state index is 15.2. The zero-order chi connectivity index (χ0) is 33.4. The molecule has 4 aromatic rings. The molecule has 4 aromatic carbocycles. The molecule has 0 spiro atoms. The highest BCUT2D eigenvalue weighted by Crippen LogP contribution is 2.30. The number of benzene rings is 4. The number of anilines is 1. The molecule has 1 N–H and O–H groups in total.